The summed E-state index contributed by atoms with van der Waals surface area (Å²) in [5.74, 6) is 0.944. The van der Waals surface area contributed by atoms with Crippen molar-refractivity contribution in [3.05, 3.63) is 47.0 Å². The third-order valence-electron chi connectivity index (χ3n) is 4.04. The molecule has 1 unspecified atom stereocenters. The first kappa shape index (κ1) is 12.7. The lowest BCUT2D eigenvalue weighted by Gasteiger charge is -2.25. The zero-order valence-electron chi connectivity index (χ0n) is 11.3. The number of imidazole rings is 1. The van der Waals surface area contributed by atoms with E-state index in [4.69, 9.17) is 11.6 Å². The first-order chi connectivity index (χ1) is 9.10. The van der Waals surface area contributed by atoms with Crippen molar-refractivity contribution in [2.24, 2.45) is 0 Å². The molecule has 4 heteroatoms. The minimum atomic E-state index is 0.0617. The van der Waals surface area contributed by atoms with Crippen molar-refractivity contribution in [2.75, 3.05) is 6.54 Å². The summed E-state index contributed by atoms with van der Waals surface area (Å²) >= 11 is 6.46. The van der Waals surface area contributed by atoms with E-state index in [1.54, 1.807) is 6.20 Å². The molecule has 1 aliphatic heterocycles. The molecule has 100 valence electrons. The standard InChI is InChI=1S/C15H18ClN3/c1-11-17-8-9-19(11)14-5-4-12(10-13(14)16)15(2)6-3-7-18-15/h4-5,8-10,18H,3,6-7H2,1-2H3. The molecule has 1 aromatic heterocycles. The van der Waals surface area contributed by atoms with Gasteiger partial charge in [-0.2, -0.15) is 0 Å². The maximum atomic E-state index is 6.46. The molecule has 1 atom stereocenters. The van der Waals surface area contributed by atoms with Gasteiger partial charge in [0.2, 0.25) is 0 Å². The van der Waals surface area contributed by atoms with Gasteiger partial charge < -0.3 is 9.88 Å². The molecule has 0 aliphatic carbocycles. The largest absolute Gasteiger partial charge is 0.308 e. The maximum absolute atomic E-state index is 6.46. The highest BCUT2D eigenvalue weighted by Gasteiger charge is 2.30. The van der Waals surface area contributed by atoms with Crippen molar-refractivity contribution in [3.8, 4) is 5.69 Å². The zero-order valence-corrected chi connectivity index (χ0v) is 12.0. The lowest BCUT2D eigenvalue weighted by molar-refractivity contribution is 0.435. The topological polar surface area (TPSA) is 29.9 Å². The fourth-order valence-electron chi connectivity index (χ4n) is 2.82. The molecule has 1 saturated heterocycles. The molecule has 1 aliphatic rings. The second-order valence-electron chi connectivity index (χ2n) is 5.37. The van der Waals surface area contributed by atoms with Crippen LogP contribution >= 0.6 is 11.6 Å². The third kappa shape index (κ3) is 2.17. The molecule has 2 heterocycles. The van der Waals surface area contributed by atoms with Crippen LogP contribution in [0.3, 0.4) is 0 Å². The van der Waals surface area contributed by atoms with E-state index in [0.29, 0.717) is 0 Å². The van der Waals surface area contributed by atoms with Crippen LogP contribution in [-0.2, 0) is 5.54 Å². The Morgan fingerprint density at radius 2 is 2.26 bits per heavy atom. The first-order valence-electron chi connectivity index (χ1n) is 6.65. The highest BCUT2D eigenvalue weighted by atomic mass is 35.5. The second kappa shape index (κ2) is 4.66. The Labute approximate surface area is 118 Å². The van der Waals surface area contributed by atoms with Gasteiger partial charge in [0.05, 0.1) is 10.7 Å². The fraction of sp³-hybridized carbons (Fsp3) is 0.400. The van der Waals surface area contributed by atoms with Crippen LogP contribution in [0.1, 0.15) is 31.2 Å². The smallest absolute Gasteiger partial charge is 0.110 e. The minimum absolute atomic E-state index is 0.0617. The number of benzene rings is 1. The molecule has 1 fully saturated rings. The SMILES string of the molecule is Cc1nccn1-c1ccc(C2(C)CCCN2)cc1Cl. The number of hydrogen-bond acceptors (Lipinski definition) is 2. The monoisotopic (exact) mass is 275 g/mol. The molecule has 1 aromatic carbocycles. The number of rotatable bonds is 2. The highest BCUT2D eigenvalue weighted by Crippen LogP contribution is 2.33. The number of aromatic nitrogens is 2. The summed E-state index contributed by atoms with van der Waals surface area (Å²) in [6, 6.07) is 6.32. The molecule has 0 saturated carbocycles. The van der Waals surface area contributed by atoms with Crippen LogP contribution in [0.5, 0.6) is 0 Å². The Morgan fingerprint density at radius 1 is 1.42 bits per heavy atom. The predicted octanol–water partition coefficient (Wildman–Crippen LogP) is 3.43. The average molecular weight is 276 g/mol. The normalized spacial score (nSPS) is 22.9. The van der Waals surface area contributed by atoms with Crippen molar-refractivity contribution in [1.82, 2.24) is 14.9 Å². The molecule has 3 nitrogen and oxygen atoms in total. The fourth-order valence-corrected chi connectivity index (χ4v) is 3.09. The quantitative estimate of drug-likeness (QED) is 0.910. The number of nitrogens with one attached hydrogen (secondary N) is 1. The van der Waals surface area contributed by atoms with E-state index in [1.165, 1.54) is 12.0 Å². The Bertz CT molecular complexity index is 597. The van der Waals surface area contributed by atoms with Crippen molar-refractivity contribution >= 4 is 11.6 Å². The molecule has 3 rings (SSSR count). The van der Waals surface area contributed by atoms with Gasteiger partial charge in [0.15, 0.2) is 0 Å². The van der Waals surface area contributed by atoms with E-state index < -0.39 is 0 Å². The number of hydrogen-bond donors (Lipinski definition) is 1. The molecule has 19 heavy (non-hydrogen) atoms. The summed E-state index contributed by atoms with van der Waals surface area (Å²) in [5, 5.41) is 4.34. The number of aryl methyl sites for hydroxylation is 1. The first-order valence-corrected chi connectivity index (χ1v) is 7.03. The summed E-state index contributed by atoms with van der Waals surface area (Å²) in [7, 11) is 0. The summed E-state index contributed by atoms with van der Waals surface area (Å²) < 4.78 is 2.01. The molecule has 0 radical (unpaired) electrons. The molecule has 0 spiro atoms. The van der Waals surface area contributed by atoms with Gasteiger partial charge in [0, 0.05) is 17.9 Å². The Hall–Kier alpha value is -1.32. The van der Waals surface area contributed by atoms with E-state index in [-0.39, 0.29) is 5.54 Å². The van der Waals surface area contributed by atoms with Crippen molar-refractivity contribution in [2.45, 2.75) is 32.2 Å². The van der Waals surface area contributed by atoms with Crippen molar-refractivity contribution in [1.29, 1.82) is 0 Å². The summed E-state index contributed by atoms with van der Waals surface area (Å²) in [6.07, 6.45) is 6.11. The van der Waals surface area contributed by atoms with Gasteiger partial charge in [-0.3, -0.25) is 0 Å². The maximum Gasteiger partial charge on any atom is 0.110 e. The average Bonchev–Trinajstić information content (AvgIpc) is 2.99. The molecule has 1 N–H and O–H groups in total. The lowest BCUT2D eigenvalue weighted by atomic mass is 9.90. The van der Waals surface area contributed by atoms with Crippen LogP contribution in [0.25, 0.3) is 5.69 Å². The van der Waals surface area contributed by atoms with Gasteiger partial charge in [-0.15, -0.1) is 0 Å². The molecular formula is C15H18ClN3. The van der Waals surface area contributed by atoms with E-state index in [1.807, 2.05) is 17.7 Å². The van der Waals surface area contributed by atoms with E-state index in [9.17, 15) is 0 Å². The van der Waals surface area contributed by atoms with Gasteiger partial charge in [0.1, 0.15) is 5.82 Å². The molecule has 2 aromatic rings. The molecule has 0 bridgehead atoms. The highest BCUT2D eigenvalue weighted by molar-refractivity contribution is 6.32. The van der Waals surface area contributed by atoms with Crippen LogP contribution in [-0.4, -0.2) is 16.1 Å². The molecular weight excluding hydrogens is 258 g/mol. The van der Waals surface area contributed by atoms with Crippen LogP contribution in [0, 0.1) is 6.92 Å². The Balaban J connectivity index is 2.01. The Morgan fingerprint density at radius 3 is 2.84 bits per heavy atom. The van der Waals surface area contributed by atoms with Crippen LogP contribution in [0.15, 0.2) is 30.6 Å². The van der Waals surface area contributed by atoms with Gasteiger partial charge in [0.25, 0.3) is 0 Å². The van der Waals surface area contributed by atoms with Crippen LogP contribution in [0.2, 0.25) is 5.02 Å². The van der Waals surface area contributed by atoms with E-state index in [0.717, 1.165) is 29.5 Å². The predicted molar refractivity (Wildman–Crippen MR) is 77.9 cm³/mol. The summed E-state index contributed by atoms with van der Waals surface area (Å²) in [6.45, 7) is 5.30. The van der Waals surface area contributed by atoms with Crippen LogP contribution < -0.4 is 5.32 Å². The molecule has 0 amide bonds. The second-order valence-corrected chi connectivity index (χ2v) is 5.78. The number of nitrogens with zero attached hydrogens (tertiary/aromatic N) is 2. The van der Waals surface area contributed by atoms with Crippen LogP contribution in [0.4, 0.5) is 0 Å². The third-order valence-corrected chi connectivity index (χ3v) is 4.34. The van der Waals surface area contributed by atoms with Gasteiger partial charge in [-0.05, 0) is 50.9 Å². The summed E-state index contributed by atoms with van der Waals surface area (Å²) in [5.41, 5.74) is 2.31. The minimum Gasteiger partial charge on any atom is -0.308 e. The van der Waals surface area contributed by atoms with E-state index in [2.05, 4.69) is 35.4 Å². The van der Waals surface area contributed by atoms with E-state index >= 15 is 0 Å². The number of halogens is 1. The summed E-state index contributed by atoms with van der Waals surface area (Å²) in [4.78, 5) is 4.24. The van der Waals surface area contributed by atoms with Crippen molar-refractivity contribution < 1.29 is 0 Å². The van der Waals surface area contributed by atoms with Gasteiger partial charge in [-0.25, -0.2) is 4.98 Å². The Kier molecular flexibility index (Phi) is 3.11. The zero-order chi connectivity index (χ0) is 13.5. The van der Waals surface area contributed by atoms with Gasteiger partial charge >= 0.3 is 0 Å². The van der Waals surface area contributed by atoms with Crippen molar-refractivity contribution in [3.63, 3.8) is 0 Å². The van der Waals surface area contributed by atoms with Gasteiger partial charge in [-0.1, -0.05) is 17.7 Å². The lowest BCUT2D eigenvalue weighted by Crippen LogP contribution is -2.33.